The molecule has 0 N–H and O–H groups in total. The van der Waals surface area contributed by atoms with E-state index in [1.54, 1.807) is 14.2 Å². The van der Waals surface area contributed by atoms with Crippen LogP contribution in [0.15, 0.2) is 36.0 Å². The molecule has 3 aliphatic carbocycles. The first kappa shape index (κ1) is 19.8. The highest BCUT2D eigenvalue weighted by molar-refractivity contribution is 5.94. The van der Waals surface area contributed by atoms with Gasteiger partial charge in [-0.05, 0) is 36.8 Å². The van der Waals surface area contributed by atoms with Crippen molar-refractivity contribution in [3.63, 3.8) is 0 Å². The van der Waals surface area contributed by atoms with Crippen molar-refractivity contribution < 1.29 is 28.6 Å². The van der Waals surface area contributed by atoms with Crippen molar-refractivity contribution in [2.24, 2.45) is 17.0 Å². The van der Waals surface area contributed by atoms with Crippen LogP contribution >= 0.6 is 0 Å². The van der Waals surface area contributed by atoms with Gasteiger partial charge >= 0.3 is 6.09 Å². The van der Waals surface area contributed by atoms with E-state index in [1.165, 1.54) is 34.4 Å². The Morgan fingerprint density at radius 3 is 3.03 bits per heavy atom. The molecule has 1 aromatic carbocycles. The van der Waals surface area contributed by atoms with Crippen LogP contribution in [-0.4, -0.2) is 54.6 Å². The minimum atomic E-state index is -0.569. The van der Waals surface area contributed by atoms with Crippen LogP contribution in [0.5, 0.6) is 11.5 Å². The van der Waals surface area contributed by atoms with E-state index in [9.17, 15) is 4.79 Å². The van der Waals surface area contributed by atoms with E-state index in [-0.39, 0.29) is 30.3 Å². The van der Waals surface area contributed by atoms with Gasteiger partial charge in [-0.25, -0.2) is 14.3 Å². The third-order valence-electron chi connectivity index (χ3n) is 7.59. The minimum absolute atomic E-state index is 0.0947. The Morgan fingerprint density at radius 2 is 2.25 bits per heavy atom. The largest absolute Gasteiger partial charge is 0.493 e. The lowest BCUT2D eigenvalue weighted by molar-refractivity contribution is -0.139. The summed E-state index contributed by atoms with van der Waals surface area (Å²) in [5, 5.41) is 4.38. The van der Waals surface area contributed by atoms with Crippen molar-refractivity contribution in [1.82, 2.24) is 9.55 Å². The Balaban J connectivity index is 1.41. The molecule has 5 atom stereocenters. The number of ether oxygens (including phenoxy) is 4. The average molecular weight is 439 g/mol. The average Bonchev–Trinajstić information content (AvgIpc) is 3.51. The third kappa shape index (κ3) is 2.61. The molecule has 32 heavy (non-hydrogen) atoms. The van der Waals surface area contributed by atoms with Gasteiger partial charge in [0, 0.05) is 42.8 Å². The van der Waals surface area contributed by atoms with E-state index in [0.717, 1.165) is 36.5 Å². The van der Waals surface area contributed by atoms with Gasteiger partial charge in [0.2, 0.25) is 0 Å². The number of carbonyl (C=O) groups is 1. The number of hydrogen-bond donors (Lipinski definition) is 0. The molecule has 2 fully saturated rings. The molecule has 0 saturated heterocycles. The summed E-state index contributed by atoms with van der Waals surface area (Å²) in [5.41, 5.74) is 3.12. The summed E-state index contributed by atoms with van der Waals surface area (Å²) in [4.78, 5) is 21.5. The summed E-state index contributed by atoms with van der Waals surface area (Å²) >= 11 is 0. The molecule has 0 radical (unpaired) electrons. The lowest BCUT2D eigenvalue weighted by Crippen LogP contribution is -2.55. The smallest absolute Gasteiger partial charge is 0.445 e. The number of carbonyl (C=O) groups excluding carboxylic acids is 1. The van der Waals surface area contributed by atoms with E-state index >= 15 is 0 Å². The number of rotatable bonds is 5. The van der Waals surface area contributed by atoms with Gasteiger partial charge in [-0.15, -0.1) is 0 Å². The lowest BCUT2D eigenvalue weighted by atomic mass is 9.57. The van der Waals surface area contributed by atoms with Gasteiger partial charge in [0.05, 0.1) is 18.9 Å². The Hall–Kier alpha value is -2.91. The fourth-order valence-corrected chi connectivity index (χ4v) is 6.47. The quantitative estimate of drug-likeness (QED) is 0.402. The van der Waals surface area contributed by atoms with Crippen LogP contribution in [0.25, 0.3) is 0 Å². The summed E-state index contributed by atoms with van der Waals surface area (Å²) in [7, 11) is 3.29. The van der Waals surface area contributed by atoms with E-state index in [2.05, 4.69) is 16.2 Å². The molecular formula is C23H25N3O6. The van der Waals surface area contributed by atoms with Gasteiger partial charge in [-0.1, -0.05) is 11.2 Å². The maximum absolute atomic E-state index is 12.3. The van der Waals surface area contributed by atoms with Crippen molar-refractivity contribution in [3.05, 3.63) is 42.0 Å². The molecule has 1 aliphatic heterocycles. The normalized spacial score (nSPS) is 32.5. The summed E-state index contributed by atoms with van der Waals surface area (Å²) in [6.45, 7) is 0.221. The Morgan fingerprint density at radius 1 is 1.34 bits per heavy atom. The highest BCUT2D eigenvalue weighted by Crippen LogP contribution is 2.67. The van der Waals surface area contributed by atoms with Gasteiger partial charge in [0.1, 0.15) is 19.2 Å². The highest BCUT2D eigenvalue weighted by Gasteiger charge is 2.68. The van der Waals surface area contributed by atoms with Crippen LogP contribution in [0.3, 0.4) is 0 Å². The van der Waals surface area contributed by atoms with Crippen molar-refractivity contribution in [1.29, 1.82) is 0 Å². The maximum atomic E-state index is 12.3. The Bertz CT molecular complexity index is 1080. The fraction of sp³-hybridized carbons (Fsp3) is 0.522. The van der Waals surface area contributed by atoms with Crippen LogP contribution < -0.4 is 9.47 Å². The number of benzene rings is 1. The van der Waals surface area contributed by atoms with E-state index in [1.807, 2.05) is 6.07 Å². The molecule has 1 aromatic heterocycles. The molecule has 4 aliphatic rings. The summed E-state index contributed by atoms with van der Waals surface area (Å²) in [6, 6.07) is 4.11. The number of nitrogens with zero attached hydrogens (tertiary/aromatic N) is 3. The molecule has 0 amide bonds. The van der Waals surface area contributed by atoms with Gasteiger partial charge in [-0.2, -0.15) is 0 Å². The zero-order chi connectivity index (χ0) is 21.9. The molecule has 168 valence electrons. The second kappa shape index (κ2) is 7.31. The zero-order valence-corrected chi connectivity index (χ0v) is 18.0. The summed E-state index contributed by atoms with van der Waals surface area (Å²) in [6.07, 6.45) is 7.03. The number of oxime groups is 1. The van der Waals surface area contributed by atoms with Crippen LogP contribution in [0.2, 0.25) is 0 Å². The summed E-state index contributed by atoms with van der Waals surface area (Å²) in [5.74, 6) is 2.11. The monoisotopic (exact) mass is 439 g/mol. The second-order valence-electron chi connectivity index (χ2n) is 8.90. The third-order valence-corrected chi connectivity index (χ3v) is 7.59. The second-order valence-corrected chi connectivity index (χ2v) is 8.90. The molecule has 0 unspecified atom stereocenters. The van der Waals surface area contributed by atoms with Crippen LogP contribution in [0.1, 0.15) is 30.4 Å². The van der Waals surface area contributed by atoms with Crippen LogP contribution in [0, 0.1) is 11.8 Å². The lowest BCUT2D eigenvalue weighted by Gasteiger charge is -2.47. The van der Waals surface area contributed by atoms with E-state index < -0.39 is 6.09 Å². The molecule has 2 heterocycles. The zero-order valence-electron chi connectivity index (χ0n) is 18.0. The predicted octanol–water partition coefficient (Wildman–Crippen LogP) is 2.91. The predicted molar refractivity (Wildman–Crippen MR) is 112 cm³/mol. The molecular weight excluding hydrogens is 414 g/mol. The molecule has 6 rings (SSSR count). The number of imidazole rings is 1. The molecule has 2 aromatic rings. The van der Waals surface area contributed by atoms with Crippen molar-refractivity contribution in [3.8, 4) is 11.5 Å². The Labute approximate surface area is 185 Å². The number of aromatic nitrogens is 2. The standard InChI is InChI=1S/C23H25N3O6/c1-28-12-30-18-6-4-15-14-9-13-3-5-17(29-2)20-19(13)23(15,21(18)31-20)10-16(14)25-32-22(27)26-8-7-24-11-26/h3,5,7-8,11,14-15,18,21H,4,6,9-10,12H2,1-2H3/t14-,15+,18-,21+,23+/m0/s1. The first-order valence-corrected chi connectivity index (χ1v) is 10.9. The first-order chi connectivity index (χ1) is 15.7. The molecule has 2 saturated carbocycles. The maximum Gasteiger partial charge on any atom is 0.445 e. The van der Waals surface area contributed by atoms with E-state index in [4.69, 9.17) is 23.8 Å². The summed E-state index contributed by atoms with van der Waals surface area (Å²) < 4.78 is 24.8. The fourth-order valence-electron chi connectivity index (χ4n) is 6.47. The van der Waals surface area contributed by atoms with Crippen LogP contribution in [0.4, 0.5) is 4.79 Å². The molecule has 9 heteroatoms. The number of hydrogen-bond acceptors (Lipinski definition) is 8. The molecule has 1 spiro atoms. The van der Waals surface area contributed by atoms with Gasteiger partial charge in [0.15, 0.2) is 11.5 Å². The SMILES string of the molecule is COCO[C@H]1CC[C@@H]2[C@@H]3Cc4ccc(OC)c5c4[C@]2(CC3=NOC(=O)n2ccnc2)[C@@H]1O5. The topological polar surface area (TPSA) is 93.4 Å². The van der Waals surface area contributed by atoms with Crippen LogP contribution in [-0.2, 0) is 26.1 Å². The van der Waals surface area contributed by atoms with Crippen molar-refractivity contribution in [2.75, 3.05) is 21.0 Å². The number of methoxy groups -OCH3 is 2. The molecule has 2 bridgehead atoms. The van der Waals surface area contributed by atoms with Gasteiger partial charge in [-0.3, -0.25) is 4.84 Å². The molecule has 9 nitrogen and oxygen atoms in total. The van der Waals surface area contributed by atoms with Crippen molar-refractivity contribution >= 4 is 11.8 Å². The highest BCUT2D eigenvalue weighted by atomic mass is 16.7. The first-order valence-electron chi connectivity index (χ1n) is 10.9. The minimum Gasteiger partial charge on any atom is -0.493 e. The van der Waals surface area contributed by atoms with E-state index in [0.29, 0.717) is 12.3 Å². The van der Waals surface area contributed by atoms with Gasteiger partial charge in [0.25, 0.3) is 0 Å². The van der Waals surface area contributed by atoms with Crippen molar-refractivity contribution in [2.45, 2.75) is 43.3 Å². The van der Waals surface area contributed by atoms with Gasteiger partial charge < -0.3 is 18.9 Å². The Kier molecular flexibility index (Phi) is 4.51.